The number of hydrogen-bond acceptors (Lipinski definition) is 5. The van der Waals surface area contributed by atoms with E-state index in [9.17, 15) is 4.79 Å². The van der Waals surface area contributed by atoms with Gasteiger partial charge in [-0.1, -0.05) is 0 Å². The Morgan fingerprint density at radius 1 is 1.32 bits per heavy atom. The molecule has 2 N–H and O–H groups in total. The molecule has 0 aliphatic carbocycles. The number of ether oxygens (including phenoxy) is 1. The smallest absolute Gasteiger partial charge is 0.268 e. The highest BCUT2D eigenvalue weighted by Crippen LogP contribution is 2.29. The summed E-state index contributed by atoms with van der Waals surface area (Å²) in [5.74, 6) is -0.357. The van der Waals surface area contributed by atoms with Gasteiger partial charge in [0.25, 0.3) is 5.91 Å². The summed E-state index contributed by atoms with van der Waals surface area (Å²) in [4.78, 5) is 23.9. The largest absolute Gasteiger partial charge is 0.481 e. The number of rotatable bonds is 3. The van der Waals surface area contributed by atoms with Crippen molar-refractivity contribution < 1.29 is 9.53 Å². The van der Waals surface area contributed by atoms with Crippen LogP contribution < -0.4 is 10.5 Å². The predicted octanol–water partition coefficient (Wildman–Crippen LogP) is 2.17. The summed E-state index contributed by atoms with van der Waals surface area (Å²) in [6, 6.07) is 3.28. The molecule has 2 rings (SSSR count). The van der Waals surface area contributed by atoms with E-state index < -0.39 is 5.91 Å². The van der Waals surface area contributed by atoms with Crippen molar-refractivity contribution in [3.05, 3.63) is 33.2 Å². The van der Waals surface area contributed by atoms with Gasteiger partial charge in [-0.3, -0.25) is 9.78 Å². The van der Waals surface area contributed by atoms with E-state index in [4.69, 9.17) is 10.5 Å². The minimum Gasteiger partial charge on any atom is -0.481 e. The summed E-state index contributed by atoms with van der Waals surface area (Å²) in [5.41, 5.74) is 6.37. The second-order valence-corrected chi connectivity index (χ2v) is 5.01. The van der Waals surface area contributed by atoms with Crippen LogP contribution in [0.1, 0.15) is 10.5 Å². The third kappa shape index (κ3) is 2.90. The van der Waals surface area contributed by atoms with Gasteiger partial charge in [0.1, 0.15) is 20.6 Å². The van der Waals surface area contributed by atoms with Crippen LogP contribution in [0.25, 0.3) is 11.3 Å². The second-order valence-electron chi connectivity index (χ2n) is 3.45. The molecule has 0 saturated carbocycles. The molecule has 6 nitrogen and oxygen atoms in total. The highest BCUT2D eigenvalue weighted by molar-refractivity contribution is 9.11. The zero-order valence-corrected chi connectivity index (χ0v) is 12.9. The molecule has 0 atom stereocenters. The molecule has 8 heteroatoms. The molecule has 98 valence electrons. The van der Waals surface area contributed by atoms with Crippen molar-refractivity contribution in [1.29, 1.82) is 0 Å². The van der Waals surface area contributed by atoms with Crippen LogP contribution in [0.4, 0.5) is 0 Å². The summed E-state index contributed by atoms with van der Waals surface area (Å²) in [5, 5.41) is 0. The van der Waals surface area contributed by atoms with E-state index in [1.165, 1.54) is 13.3 Å². The fraction of sp³-hybridized carbons (Fsp3) is 0.0909. The van der Waals surface area contributed by atoms with Gasteiger partial charge >= 0.3 is 0 Å². The lowest BCUT2D eigenvalue weighted by atomic mass is 10.1. The molecule has 0 fully saturated rings. The standard InChI is InChI=1S/C11H8Br2N4O2/c1-19-7-3-2-5(9(17-7)11(14)18)8-10(13)16-6(12)4-15-8/h2-4H,1H3,(H2,14,18). The van der Waals surface area contributed by atoms with E-state index in [-0.39, 0.29) is 5.69 Å². The average molecular weight is 388 g/mol. The van der Waals surface area contributed by atoms with Crippen molar-refractivity contribution in [1.82, 2.24) is 15.0 Å². The lowest BCUT2D eigenvalue weighted by Gasteiger charge is -2.08. The number of nitrogens with two attached hydrogens (primary N) is 1. The Balaban J connectivity index is 2.64. The summed E-state index contributed by atoms with van der Waals surface area (Å²) in [6.07, 6.45) is 1.52. The number of amides is 1. The number of pyridine rings is 1. The topological polar surface area (TPSA) is 91.0 Å². The first-order chi connectivity index (χ1) is 9.02. The quantitative estimate of drug-likeness (QED) is 0.871. The molecule has 0 bridgehead atoms. The Morgan fingerprint density at radius 2 is 2.05 bits per heavy atom. The maximum absolute atomic E-state index is 11.5. The van der Waals surface area contributed by atoms with Crippen LogP contribution in [0.5, 0.6) is 5.88 Å². The minimum absolute atomic E-state index is 0.0803. The van der Waals surface area contributed by atoms with Crippen molar-refractivity contribution in [2.45, 2.75) is 0 Å². The molecule has 0 aliphatic heterocycles. The van der Waals surface area contributed by atoms with Gasteiger partial charge in [-0.05, 0) is 37.9 Å². The van der Waals surface area contributed by atoms with Gasteiger partial charge in [0.05, 0.1) is 13.3 Å². The fourth-order valence-corrected chi connectivity index (χ4v) is 2.49. The number of methoxy groups -OCH3 is 1. The predicted molar refractivity (Wildman–Crippen MR) is 75.7 cm³/mol. The number of carbonyl (C=O) groups is 1. The van der Waals surface area contributed by atoms with Crippen molar-refractivity contribution in [3.8, 4) is 17.1 Å². The Morgan fingerprint density at radius 3 is 2.63 bits per heavy atom. The molecule has 2 aromatic heterocycles. The van der Waals surface area contributed by atoms with Crippen LogP contribution in [0.2, 0.25) is 0 Å². The Hall–Kier alpha value is -1.54. The molecule has 0 aromatic carbocycles. The fourth-order valence-electron chi connectivity index (χ4n) is 1.46. The third-order valence-electron chi connectivity index (χ3n) is 2.27. The van der Waals surface area contributed by atoms with Crippen LogP contribution in [-0.2, 0) is 0 Å². The lowest BCUT2D eigenvalue weighted by Crippen LogP contribution is -2.15. The van der Waals surface area contributed by atoms with E-state index in [2.05, 4.69) is 46.8 Å². The first kappa shape index (κ1) is 13.9. The SMILES string of the molecule is COc1ccc(-c2ncc(Br)nc2Br)c(C(N)=O)n1. The van der Waals surface area contributed by atoms with E-state index in [0.29, 0.717) is 26.3 Å². The summed E-state index contributed by atoms with van der Waals surface area (Å²) < 4.78 is 6.03. The summed E-state index contributed by atoms with van der Waals surface area (Å²) in [7, 11) is 1.46. The van der Waals surface area contributed by atoms with Gasteiger partial charge in [-0.25, -0.2) is 9.97 Å². The molecule has 0 spiro atoms. The summed E-state index contributed by atoms with van der Waals surface area (Å²) in [6.45, 7) is 0. The van der Waals surface area contributed by atoms with Gasteiger partial charge in [0, 0.05) is 11.6 Å². The molecule has 0 aliphatic rings. The van der Waals surface area contributed by atoms with Crippen molar-refractivity contribution in [3.63, 3.8) is 0 Å². The lowest BCUT2D eigenvalue weighted by molar-refractivity contribution is 0.0995. The number of aromatic nitrogens is 3. The van der Waals surface area contributed by atoms with Crippen LogP contribution >= 0.6 is 31.9 Å². The van der Waals surface area contributed by atoms with Gasteiger partial charge in [0.15, 0.2) is 0 Å². The van der Waals surface area contributed by atoms with Crippen molar-refractivity contribution >= 4 is 37.8 Å². The van der Waals surface area contributed by atoms with E-state index in [1.807, 2.05) is 0 Å². The number of hydrogen-bond donors (Lipinski definition) is 1. The molecule has 1 amide bonds. The van der Waals surface area contributed by atoms with E-state index >= 15 is 0 Å². The number of primary amides is 1. The number of nitrogens with zero attached hydrogens (tertiary/aromatic N) is 3. The maximum atomic E-state index is 11.5. The molecule has 0 saturated heterocycles. The van der Waals surface area contributed by atoms with Gasteiger partial charge < -0.3 is 10.5 Å². The van der Waals surface area contributed by atoms with E-state index in [0.717, 1.165) is 0 Å². The monoisotopic (exact) mass is 386 g/mol. The number of carbonyl (C=O) groups excluding carboxylic acids is 1. The van der Waals surface area contributed by atoms with Crippen molar-refractivity contribution in [2.24, 2.45) is 5.73 Å². The Kier molecular flexibility index (Phi) is 4.11. The molecule has 0 unspecified atom stereocenters. The second kappa shape index (κ2) is 5.62. The van der Waals surface area contributed by atoms with Crippen molar-refractivity contribution in [2.75, 3.05) is 7.11 Å². The molecule has 2 aromatic rings. The van der Waals surface area contributed by atoms with Crippen LogP contribution in [-0.4, -0.2) is 28.0 Å². The van der Waals surface area contributed by atoms with Gasteiger partial charge in [-0.15, -0.1) is 0 Å². The summed E-state index contributed by atoms with van der Waals surface area (Å²) >= 11 is 6.50. The average Bonchev–Trinajstić information content (AvgIpc) is 2.38. The molecular weight excluding hydrogens is 380 g/mol. The van der Waals surface area contributed by atoms with E-state index in [1.54, 1.807) is 12.1 Å². The first-order valence-electron chi connectivity index (χ1n) is 5.06. The highest BCUT2D eigenvalue weighted by atomic mass is 79.9. The van der Waals surface area contributed by atoms with Crippen LogP contribution in [0.3, 0.4) is 0 Å². The zero-order valence-electron chi connectivity index (χ0n) is 9.72. The zero-order chi connectivity index (χ0) is 14.0. The van der Waals surface area contributed by atoms with Gasteiger partial charge in [0.2, 0.25) is 5.88 Å². The van der Waals surface area contributed by atoms with Crippen LogP contribution in [0.15, 0.2) is 27.5 Å². The first-order valence-corrected chi connectivity index (χ1v) is 6.64. The minimum atomic E-state index is -0.662. The number of halogens is 2. The highest BCUT2D eigenvalue weighted by Gasteiger charge is 2.17. The van der Waals surface area contributed by atoms with Gasteiger partial charge in [-0.2, -0.15) is 0 Å². The van der Waals surface area contributed by atoms with Crippen LogP contribution in [0, 0.1) is 0 Å². The Bertz CT molecular complexity index is 649. The molecular formula is C11H8Br2N4O2. The third-order valence-corrected chi connectivity index (χ3v) is 3.20. The maximum Gasteiger partial charge on any atom is 0.268 e. The molecule has 0 radical (unpaired) electrons. The Labute approximate surface area is 125 Å². The normalized spacial score (nSPS) is 10.3. The molecule has 19 heavy (non-hydrogen) atoms. The molecule has 2 heterocycles.